The minimum atomic E-state index is -0.662. The number of hydrogen-bond donors (Lipinski definition) is 3. The van der Waals surface area contributed by atoms with Gasteiger partial charge in [-0.1, -0.05) is 0 Å². The fourth-order valence-electron chi connectivity index (χ4n) is 1.07. The Balaban J connectivity index is 2.36. The van der Waals surface area contributed by atoms with Crippen LogP contribution >= 0.6 is 0 Å². The SMILES string of the molecule is BC(=O)CNC(=O)[C@@H](N)Cc1cnc[nH]1. The van der Waals surface area contributed by atoms with Crippen LogP contribution in [-0.2, 0) is 16.0 Å². The van der Waals surface area contributed by atoms with Gasteiger partial charge < -0.3 is 20.8 Å². The maximum absolute atomic E-state index is 11.4. The van der Waals surface area contributed by atoms with E-state index in [-0.39, 0.29) is 18.1 Å². The molecule has 0 radical (unpaired) electrons. The van der Waals surface area contributed by atoms with Gasteiger partial charge in [-0.15, -0.1) is 0 Å². The van der Waals surface area contributed by atoms with Gasteiger partial charge in [-0.3, -0.25) is 4.79 Å². The van der Waals surface area contributed by atoms with Crippen molar-refractivity contribution in [2.24, 2.45) is 5.73 Å². The summed E-state index contributed by atoms with van der Waals surface area (Å²) in [7, 11) is 1.40. The van der Waals surface area contributed by atoms with Crippen LogP contribution in [0.15, 0.2) is 12.5 Å². The Bertz CT molecular complexity index is 338. The summed E-state index contributed by atoms with van der Waals surface area (Å²) in [5, 5.41) is 2.45. The van der Waals surface area contributed by atoms with Crippen molar-refractivity contribution in [2.75, 3.05) is 6.54 Å². The number of imidazole rings is 1. The van der Waals surface area contributed by atoms with Crippen molar-refractivity contribution < 1.29 is 9.59 Å². The molecule has 1 aromatic heterocycles. The van der Waals surface area contributed by atoms with E-state index in [4.69, 9.17) is 5.73 Å². The zero-order chi connectivity index (χ0) is 11.3. The lowest BCUT2D eigenvalue weighted by Gasteiger charge is -2.09. The maximum atomic E-state index is 11.4. The second kappa shape index (κ2) is 5.30. The van der Waals surface area contributed by atoms with Crippen LogP contribution in [0, 0.1) is 0 Å². The summed E-state index contributed by atoms with van der Waals surface area (Å²) in [6.07, 6.45) is 3.51. The third-order valence-electron chi connectivity index (χ3n) is 1.84. The summed E-state index contributed by atoms with van der Waals surface area (Å²) < 4.78 is 0. The lowest BCUT2D eigenvalue weighted by atomic mass is 10.0. The highest BCUT2D eigenvalue weighted by Crippen LogP contribution is 1.95. The number of aromatic nitrogens is 2. The van der Waals surface area contributed by atoms with E-state index < -0.39 is 6.04 Å². The average molecular weight is 208 g/mol. The maximum Gasteiger partial charge on any atom is 0.237 e. The second-order valence-corrected chi connectivity index (χ2v) is 3.31. The van der Waals surface area contributed by atoms with Crippen molar-refractivity contribution in [2.45, 2.75) is 12.5 Å². The zero-order valence-corrected chi connectivity index (χ0v) is 8.49. The minimum absolute atomic E-state index is 0.0233. The number of H-pyrrole nitrogens is 1. The minimum Gasteiger partial charge on any atom is -0.349 e. The highest BCUT2D eigenvalue weighted by Gasteiger charge is 2.14. The van der Waals surface area contributed by atoms with Gasteiger partial charge in [0.1, 0.15) is 5.68 Å². The summed E-state index contributed by atoms with van der Waals surface area (Å²) in [5.74, 6) is -0.334. The molecule has 1 rings (SSSR count). The number of aromatic amines is 1. The van der Waals surface area contributed by atoms with Gasteiger partial charge in [-0.2, -0.15) is 0 Å². The topological polar surface area (TPSA) is 101 Å². The molecule has 1 aromatic rings. The third-order valence-corrected chi connectivity index (χ3v) is 1.84. The molecule has 0 bridgehead atoms. The number of carbonyl (C=O) groups excluding carboxylic acids is 2. The van der Waals surface area contributed by atoms with Crippen LogP contribution in [0.4, 0.5) is 0 Å². The number of amides is 1. The molecule has 80 valence electrons. The molecule has 0 aliphatic carbocycles. The number of hydrogen-bond acceptors (Lipinski definition) is 4. The van der Waals surface area contributed by atoms with Crippen molar-refractivity contribution in [1.29, 1.82) is 0 Å². The first kappa shape index (κ1) is 11.4. The van der Waals surface area contributed by atoms with E-state index in [0.717, 1.165) is 5.69 Å². The molecule has 4 N–H and O–H groups in total. The van der Waals surface area contributed by atoms with Crippen LogP contribution in [-0.4, -0.2) is 42.0 Å². The van der Waals surface area contributed by atoms with Gasteiger partial charge in [0, 0.05) is 18.3 Å². The normalized spacial score (nSPS) is 12.1. The van der Waals surface area contributed by atoms with E-state index in [9.17, 15) is 9.59 Å². The average Bonchev–Trinajstić information content (AvgIpc) is 2.66. The van der Waals surface area contributed by atoms with Gasteiger partial charge in [0.25, 0.3) is 0 Å². The molecule has 0 saturated carbocycles. The monoisotopic (exact) mass is 208 g/mol. The van der Waals surface area contributed by atoms with E-state index in [1.807, 2.05) is 0 Å². The first-order chi connectivity index (χ1) is 7.09. The summed E-state index contributed by atoms with van der Waals surface area (Å²) in [5.41, 5.74) is 6.32. The molecule has 0 saturated heterocycles. The van der Waals surface area contributed by atoms with Crippen molar-refractivity contribution in [1.82, 2.24) is 15.3 Å². The van der Waals surface area contributed by atoms with Crippen LogP contribution in [0.5, 0.6) is 0 Å². The Morgan fingerprint density at radius 3 is 2.93 bits per heavy atom. The van der Waals surface area contributed by atoms with Crippen molar-refractivity contribution in [3.63, 3.8) is 0 Å². The molecule has 1 atom stereocenters. The summed E-state index contributed by atoms with van der Waals surface area (Å²) in [6.45, 7) is 0.0233. The lowest BCUT2D eigenvalue weighted by molar-refractivity contribution is -0.124. The Hall–Kier alpha value is -1.63. The van der Waals surface area contributed by atoms with Crippen LogP contribution in [0.3, 0.4) is 0 Å². The summed E-state index contributed by atoms with van der Waals surface area (Å²) in [6, 6.07) is -0.662. The Labute approximate surface area is 88.0 Å². The largest absolute Gasteiger partial charge is 0.349 e. The third kappa shape index (κ3) is 3.95. The number of carbonyl (C=O) groups is 2. The van der Waals surface area contributed by atoms with Crippen LogP contribution in [0.2, 0.25) is 0 Å². The van der Waals surface area contributed by atoms with Crippen molar-refractivity contribution in [3.8, 4) is 0 Å². The first-order valence-electron chi connectivity index (χ1n) is 4.59. The second-order valence-electron chi connectivity index (χ2n) is 3.31. The smallest absolute Gasteiger partial charge is 0.237 e. The molecule has 0 spiro atoms. The highest BCUT2D eigenvalue weighted by atomic mass is 16.2. The molecule has 7 heteroatoms. The predicted molar refractivity (Wildman–Crippen MR) is 56.8 cm³/mol. The fourth-order valence-corrected chi connectivity index (χ4v) is 1.07. The molecule has 0 aromatic carbocycles. The molecule has 0 unspecified atom stereocenters. The van der Waals surface area contributed by atoms with Gasteiger partial charge in [0.2, 0.25) is 5.91 Å². The predicted octanol–water partition coefficient (Wildman–Crippen LogP) is -2.44. The van der Waals surface area contributed by atoms with Crippen LogP contribution in [0.1, 0.15) is 5.69 Å². The standard InChI is InChI=1S/C8H13BN4O2/c9-7(14)3-12-8(15)6(10)1-5-2-11-4-13-5/h2,4,6H,1,3,9-10H2,(H,11,13)(H,12,15)/t6-/m0/s1. The fraction of sp³-hybridized carbons (Fsp3) is 0.375. The quantitative estimate of drug-likeness (QED) is 0.467. The van der Waals surface area contributed by atoms with E-state index in [1.165, 1.54) is 14.2 Å². The van der Waals surface area contributed by atoms with Gasteiger partial charge in [0.15, 0.2) is 7.85 Å². The Morgan fingerprint density at radius 1 is 1.67 bits per heavy atom. The van der Waals surface area contributed by atoms with Crippen LogP contribution in [0.25, 0.3) is 0 Å². The van der Waals surface area contributed by atoms with E-state index in [0.29, 0.717) is 6.42 Å². The summed E-state index contributed by atoms with van der Waals surface area (Å²) >= 11 is 0. The molecule has 0 fully saturated rings. The van der Waals surface area contributed by atoms with Gasteiger partial charge in [-0.25, -0.2) is 4.98 Å². The lowest BCUT2D eigenvalue weighted by Crippen LogP contribution is -2.43. The zero-order valence-electron chi connectivity index (χ0n) is 8.49. The van der Waals surface area contributed by atoms with Crippen molar-refractivity contribution in [3.05, 3.63) is 18.2 Å². The molecule has 0 aliphatic heterocycles. The van der Waals surface area contributed by atoms with Gasteiger partial charge in [0.05, 0.1) is 18.9 Å². The molecule has 1 heterocycles. The highest BCUT2D eigenvalue weighted by molar-refractivity contribution is 6.58. The van der Waals surface area contributed by atoms with E-state index >= 15 is 0 Å². The number of nitrogens with two attached hydrogens (primary N) is 1. The van der Waals surface area contributed by atoms with E-state index in [2.05, 4.69) is 15.3 Å². The number of rotatable bonds is 5. The van der Waals surface area contributed by atoms with E-state index in [1.54, 1.807) is 6.20 Å². The number of nitrogens with zero attached hydrogens (tertiary/aromatic N) is 1. The first-order valence-corrected chi connectivity index (χ1v) is 4.59. The Kier molecular flexibility index (Phi) is 4.05. The van der Waals surface area contributed by atoms with Crippen molar-refractivity contribution >= 4 is 19.4 Å². The molecular formula is C8H13BN4O2. The Morgan fingerprint density at radius 2 is 2.40 bits per heavy atom. The molecule has 0 aliphatic rings. The van der Waals surface area contributed by atoms with Gasteiger partial charge >= 0.3 is 0 Å². The summed E-state index contributed by atoms with van der Waals surface area (Å²) in [4.78, 5) is 28.6. The molecule has 6 nitrogen and oxygen atoms in total. The van der Waals surface area contributed by atoms with Crippen LogP contribution < -0.4 is 11.1 Å². The molecular weight excluding hydrogens is 195 g/mol. The van der Waals surface area contributed by atoms with Gasteiger partial charge in [-0.05, 0) is 0 Å². The molecule has 15 heavy (non-hydrogen) atoms. The number of nitrogens with one attached hydrogen (secondary N) is 2. The molecule has 1 amide bonds.